The van der Waals surface area contributed by atoms with Gasteiger partial charge in [-0.1, -0.05) is 0 Å². The molecule has 1 N–H and O–H groups in total. The van der Waals surface area contributed by atoms with Gasteiger partial charge in [0.25, 0.3) is 0 Å². The second-order valence-electron chi connectivity index (χ2n) is 1.69. The van der Waals surface area contributed by atoms with Crippen LogP contribution in [0.3, 0.4) is 0 Å². The Morgan fingerprint density at radius 3 is 1.45 bits per heavy atom. The van der Waals surface area contributed by atoms with Crippen molar-refractivity contribution in [1.82, 2.24) is 0 Å². The van der Waals surface area contributed by atoms with Gasteiger partial charge in [0.15, 0.2) is 6.10 Å². The zero-order valence-corrected chi connectivity index (χ0v) is 4.87. The summed E-state index contributed by atoms with van der Waals surface area (Å²) < 4.78 is 67.0. The molecule has 0 aromatic heterocycles. The Morgan fingerprint density at radius 2 is 1.36 bits per heavy atom. The fraction of sp³-hybridized carbons (Fsp3) is 0.750. The molecule has 0 aromatic carbocycles. The molecular formula is C4H3F6O. The number of hydrogen-bond donors (Lipinski definition) is 1. The van der Waals surface area contributed by atoms with Gasteiger partial charge in [0.1, 0.15) is 6.42 Å². The van der Waals surface area contributed by atoms with Crippen molar-refractivity contribution in [3.8, 4) is 0 Å². The minimum Gasteiger partial charge on any atom is -0.383 e. The summed E-state index contributed by atoms with van der Waals surface area (Å²) in [4.78, 5) is 0. The van der Waals surface area contributed by atoms with Gasteiger partial charge in [-0.25, -0.2) is 0 Å². The molecule has 0 saturated heterocycles. The topological polar surface area (TPSA) is 20.2 Å². The number of rotatable bonds is 1. The van der Waals surface area contributed by atoms with Crippen molar-refractivity contribution in [2.24, 2.45) is 0 Å². The maximum absolute atomic E-state index is 11.2. The van der Waals surface area contributed by atoms with Crippen molar-refractivity contribution in [3.05, 3.63) is 6.42 Å². The highest BCUT2D eigenvalue weighted by atomic mass is 19.4. The van der Waals surface area contributed by atoms with Gasteiger partial charge in [-0.05, 0) is 0 Å². The van der Waals surface area contributed by atoms with E-state index in [0.717, 1.165) is 0 Å². The van der Waals surface area contributed by atoms with Crippen LogP contribution in [0.4, 0.5) is 26.3 Å². The third kappa shape index (κ3) is 4.88. The van der Waals surface area contributed by atoms with Crippen molar-refractivity contribution in [1.29, 1.82) is 0 Å². The van der Waals surface area contributed by atoms with E-state index in [1.165, 1.54) is 0 Å². The van der Waals surface area contributed by atoms with E-state index in [1.54, 1.807) is 0 Å². The largest absolute Gasteiger partial charge is 0.414 e. The molecule has 7 heteroatoms. The quantitative estimate of drug-likeness (QED) is 0.610. The lowest BCUT2D eigenvalue weighted by Crippen LogP contribution is -2.34. The first-order valence-corrected chi connectivity index (χ1v) is 2.30. The lowest BCUT2D eigenvalue weighted by atomic mass is 10.2. The van der Waals surface area contributed by atoms with Gasteiger partial charge >= 0.3 is 12.4 Å². The molecule has 0 fully saturated rings. The van der Waals surface area contributed by atoms with E-state index in [-0.39, 0.29) is 0 Å². The Balaban J connectivity index is 3.99. The number of aliphatic hydroxyl groups excluding tert-OH is 1. The third-order valence-corrected chi connectivity index (χ3v) is 0.682. The summed E-state index contributed by atoms with van der Waals surface area (Å²) in [5.41, 5.74) is 0. The van der Waals surface area contributed by atoms with Crippen molar-refractivity contribution >= 4 is 0 Å². The second-order valence-corrected chi connectivity index (χ2v) is 1.69. The summed E-state index contributed by atoms with van der Waals surface area (Å²) in [5.74, 6) is 0. The average Bonchev–Trinajstić information content (AvgIpc) is 1.56. The molecule has 1 radical (unpaired) electrons. The van der Waals surface area contributed by atoms with Gasteiger partial charge in [-0.3, -0.25) is 0 Å². The number of alkyl halides is 6. The molecular weight excluding hydrogens is 178 g/mol. The first-order valence-electron chi connectivity index (χ1n) is 2.30. The summed E-state index contributed by atoms with van der Waals surface area (Å²) in [6.07, 6.45) is -14.9. The van der Waals surface area contributed by atoms with Crippen LogP contribution < -0.4 is 0 Å². The van der Waals surface area contributed by atoms with E-state index < -0.39 is 24.9 Å². The minimum atomic E-state index is -5.25. The molecule has 67 valence electrons. The maximum atomic E-state index is 11.2. The molecule has 0 rings (SSSR count). The minimum absolute atomic E-state index is 1.13. The molecule has 0 bridgehead atoms. The monoisotopic (exact) mass is 181 g/mol. The number of hydrogen-bond acceptors (Lipinski definition) is 1. The highest BCUT2D eigenvalue weighted by molar-refractivity contribution is 4.87. The number of halogens is 6. The van der Waals surface area contributed by atoms with Crippen molar-refractivity contribution in [3.63, 3.8) is 0 Å². The van der Waals surface area contributed by atoms with Crippen LogP contribution in [0.25, 0.3) is 0 Å². The van der Waals surface area contributed by atoms with E-state index in [9.17, 15) is 26.3 Å². The van der Waals surface area contributed by atoms with Crippen molar-refractivity contribution in [2.75, 3.05) is 0 Å². The zero-order valence-electron chi connectivity index (χ0n) is 4.87. The fourth-order valence-corrected chi connectivity index (χ4v) is 0.273. The maximum Gasteiger partial charge on any atom is 0.414 e. The van der Waals surface area contributed by atoms with Gasteiger partial charge < -0.3 is 5.11 Å². The van der Waals surface area contributed by atoms with E-state index in [1.807, 2.05) is 0 Å². The Kier molecular flexibility index (Phi) is 2.76. The Hall–Kier alpha value is -0.460. The van der Waals surface area contributed by atoms with Gasteiger partial charge in [0, 0.05) is 0 Å². The van der Waals surface area contributed by atoms with Gasteiger partial charge in [0.2, 0.25) is 0 Å². The standard InChI is InChI=1S/C4H3F6O/c5-3(6,7)1-2(11)4(8,9)10/h1-2,11H/t2-/m1/s1. The molecule has 0 saturated carbocycles. The van der Waals surface area contributed by atoms with Crippen LogP contribution in [0, 0.1) is 6.42 Å². The molecule has 0 spiro atoms. The molecule has 0 heterocycles. The Morgan fingerprint density at radius 1 is 1.00 bits per heavy atom. The zero-order chi connectivity index (χ0) is 9.28. The van der Waals surface area contributed by atoms with Crippen molar-refractivity contribution in [2.45, 2.75) is 18.5 Å². The lowest BCUT2D eigenvalue weighted by molar-refractivity contribution is -0.213. The predicted molar refractivity (Wildman–Crippen MR) is 22.4 cm³/mol. The smallest absolute Gasteiger partial charge is 0.383 e. The molecule has 1 nitrogen and oxygen atoms in total. The van der Waals surface area contributed by atoms with Crippen LogP contribution in [0.1, 0.15) is 0 Å². The molecule has 1 atom stereocenters. The Bertz CT molecular complexity index is 124. The molecule has 0 aromatic rings. The molecule has 0 amide bonds. The molecule has 0 aliphatic rings. The highest BCUT2D eigenvalue weighted by Gasteiger charge is 2.45. The molecule has 0 aliphatic carbocycles. The normalized spacial score (nSPS) is 16.6. The van der Waals surface area contributed by atoms with E-state index >= 15 is 0 Å². The summed E-state index contributed by atoms with van der Waals surface area (Å²) in [6, 6.07) is 0. The molecule has 11 heavy (non-hydrogen) atoms. The van der Waals surface area contributed by atoms with E-state index in [2.05, 4.69) is 0 Å². The first kappa shape index (κ1) is 10.5. The second kappa shape index (κ2) is 2.88. The van der Waals surface area contributed by atoms with Crippen molar-refractivity contribution < 1.29 is 31.4 Å². The predicted octanol–water partition coefficient (Wildman–Crippen LogP) is 1.68. The van der Waals surface area contributed by atoms with Crippen LogP contribution in [-0.4, -0.2) is 23.6 Å². The third-order valence-electron chi connectivity index (χ3n) is 0.682. The van der Waals surface area contributed by atoms with Crippen LogP contribution in [0.5, 0.6) is 0 Å². The van der Waals surface area contributed by atoms with Gasteiger partial charge in [0.05, 0.1) is 0 Å². The SMILES string of the molecule is O[C@H]([CH]C(F)(F)F)C(F)(F)F. The summed E-state index contributed by atoms with van der Waals surface area (Å²) in [5, 5.41) is 7.82. The van der Waals surface area contributed by atoms with Gasteiger partial charge in [-0.15, -0.1) is 0 Å². The summed E-state index contributed by atoms with van der Waals surface area (Å²) in [6.45, 7) is 0. The first-order chi connectivity index (χ1) is 4.63. The fourth-order valence-electron chi connectivity index (χ4n) is 0.273. The molecule has 0 unspecified atom stereocenters. The highest BCUT2D eigenvalue weighted by Crippen LogP contribution is 2.29. The van der Waals surface area contributed by atoms with E-state index in [4.69, 9.17) is 5.11 Å². The summed E-state index contributed by atoms with van der Waals surface area (Å²) in [7, 11) is 0. The summed E-state index contributed by atoms with van der Waals surface area (Å²) >= 11 is 0. The van der Waals surface area contributed by atoms with E-state index in [0.29, 0.717) is 0 Å². The number of aliphatic hydroxyl groups is 1. The lowest BCUT2D eigenvalue weighted by Gasteiger charge is -2.15. The average molecular weight is 181 g/mol. The Labute approximate surface area is 57.6 Å². The van der Waals surface area contributed by atoms with Crippen LogP contribution in [0.2, 0.25) is 0 Å². The van der Waals surface area contributed by atoms with Crippen LogP contribution in [-0.2, 0) is 0 Å². The van der Waals surface area contributed by atoms with Crippen LogP contribution in [0.15, 0.2) is 0 Å². The van der Waals surface area contributed by atoms with Gasteiger partial charge in [-0.2, -0.15) is 26.3 Å². The molecule has 0 aliphatic heterocycles. The van der Waals surface area contributed by atoms with Crippen LogP contribution >= 0.6 is 0 Å².